The molecule has 0 unspecified atom stereocenters. The van der Waals surface area contributed by atoms with Gasteiger partial charge in [-0.2, -0.15) is 4.98 Å². The number of anilines is 5. The van der Waals surface area contributed by atoms with E-state index in [-0.39, 0.29) is 5.78 Å². The first kappa shape index (κ1) is 18.9. The average molecular weight is 389 g/mol. The van der Waals surface area contributed by atoms with E-state index in [9.17, 15) is 4.79 Å². The standard InChI is InChI=1S/C22H23N5O2/c1-16(28)17-6-8-18(9-7-17)24-22-23-11-10-21(26-22)25-19-4-2-3-5-20(19)27-12-14-29-15-13-27/h2-11H,12-15H2,1H3,(H2,23,24,25,26). The van der Waals surface area contributed by atoms with Crippen molar-refractivity contribution in [2.75, 3.05) is 41.8 Å². The lowest BCUT2D eigenvalue weighted by Crippen LogP contribution is -2.36. The van der Waals surface area contributed by atoms with Crippen LogP contribution in [-0.4, -0.2) is 42.1 Å². The molecule has 0 bridgehead atoms. The number of carbonyl (C=O) groups excluding carboxylic acids is 1. The topological polar surface area (TPSA) is 79.4 Å². The van der Waals surface area contributed by atoms with Gasteiger partial charge in [-0.3, -0.25) is 4.79 Å². The first-order chi connectivity index (χ1) is 14.2. The minimum atomic E-state index is 0.0398. The van der Waals surface area contributed by atoms with Crippen LogP contribution < -0.4 is 15.5 Å². The maximum absolute atomic E-state index is 11.4. The summed E-state index contributed by atoms with van der Waals surface area (Å²) in [5.41, 5.74) is 3.61. The summed E-state index contributed by atoms with van der Waals surface area (Å²) in [5, 5.41) is 6.58. The van der Waals surface area contributed by atoms with Crippen LogP contribution in [0.25, 0.3) is 0 Å². The summed E-state index contributed by atoms with van der Waals surface area (Å²) in [7, 11) is 0. The lowest BCUT2D eigenvalue weighted by molar-refractivity contribution is 0.101. The molecule has 3 aromatic rings. The van der Waals surface area contributed by atoms with Crippen molar-refractivity contribution in [2.45, 2.75) is 6.92 Å². The minimum Gasteiger partial charge on any atom is -0.378 e. The first-order valence-electron chi connectivity index (χ1n) is 9.59. The summed E-state index contributed by atoms with van der Waals surface area (Å²) in [5.74, 6) is 1.22. The van der Waals surface area contributed by atoms with Crippen LogP contribution in [0.15, 0.2) is 60.8 Å². The van der Waals surface area contributed by atoms with Crippen LogP contribution in [0.3, 0.4) is 0 Å². The second-order valence-electron chi connectivity index (χ2n) is 6.77. The molecule has 0 amide bonds. The van der Waals surface area contributed by atoms with Gasteiger partial charge in [0.1, 0.15) is 5.82 Å². The van der Waals surface area contributed by atoms with Crippen LogP contribution in [0.4, 0.5) is 28.8 Å². The summed E-state index contributed by atoms with van der Waals surface area (Å²) in [6.07, 6.45) is 1.71. The molecule has 1 aromatic heterocycles. The molecule has 1 aliphatic heterocycles. The van der Waals surface area contributed by atoms with E-state index in [0.717, 1.165) is 43.4 Å². The third-order valence-corrected chi connectivity index (χ3v) is 4.72. The fraction of sp³-hybridized carbons (Fsp3) is 0.227. The summed E-state index contributed by atoms with van der Waals surface area (Å²) in [4.78, 5) is 22.6. The molecule has 7 heteroatoms. The zero-order valence-electron chi connectivity index (χ0n) is 16.3. The van der Waals surface area contributed by atoms with Gasteiger partial charge in [0.2, 0.25) is 5.95 Å². The maximum atomic E-state index is 11.4. The highest BCUT2D eigenvalue weighted by Gasteiger charge is 2.15. The number of benzene rings is 2. The number of rotatable bonds is 6. The lowest BCUT2D eigenvalue weighted by atomic mass is 10.1. The molecule has 1 fully saturated rings. The molecule has 2 heterocycles. The second kappa shape index (κ2) is 8.70. The average Bonchev–Trinajstić information content (AvgIpc) is 2.75. The van der Waals surface area contributed by atoms with E-state index in [1.54, 1.807) is 25.3 Å². The number of carbonyl (C=O) groups is 1. The third kappa shape index (κ3) is 4.70. The molecule has 0 radical (unpaired) electrons. The Morgan fingerprint density at radius 2 is 1.76 bits per heavy atom. The molecular formula is C22H23N5O2. The number of nitrogens with one attached hydrogen (secondary N) is 2. The van der Waals surface area contributed by atoms with Crippen molar-refractivity contribution in [3.05, 3.63) is 66.4 Å². The predicted molar refractivity (Wildman–Crippen MR) is 115 cm³/mol. The van der Waals surface area contributed by atoms with Crippen molar-refractivity contribution >= 4 is 34.6 Å². The van der Waals surface area contributed by atoms with Gasteiger partial charge in [0, 0.05) is 30.5 Å². The zero-order chi connectivity index (χ0) is 20.1. The van der Waals surface area contributed by atoms with Gasteiger partial charge in [0.05, 0.1) is 24.6 Å². The number of ketones is 1. The van der Waals surface area contributed by atoms with Gasteiger partial charge < -0.3 is 20.3 Å². The number of morpholine rings is 1. The van der Waals surface area contributed by atoms with Gasteiger partial charge in [-0.1, -0.05) is 12.1 Å². The Kier molecular flexibility index (Phi) is 5.67. The Balaban J connectivity index is 1.50. The third-order valence-electron chi connectivity index (χ3n) is 4.72. The SMILES string of the molecule is CC(=O)c1ccc(Nc2nccc(Nc3ccccc3N3CCOCC3)n2)cc1. The molecule has 148 valence electrons. The highest BCUT2D eigenvalue weighted by atomic mass is 16.5. The van der Waals surface area contributed by atoms with Crippen LogP contribution in [0.1, 0.15) is 17.3 Å². The van der Waals surface area contributed by atoms with Gasteiger partial charge in [-0.05, 0) is 49.4 Å². The quantitative estimate of drug-likeness (QED) is 0.617. The van der Waals surface area contributed by atoms with Crippen LogP contribution in [0.2, 0.25) is 0 Å². The molecule has 0 spiro atoms. The van der Waals surface area contributed by atoms with Crippen molar-refractivity contribution in [1.29, 1.82) is 0 Å². The van der Waals surface area contributed by atoms with Gasteiger partial charge in [0.15, 0.2) is 5.78 Å². The van der Waals surface area contributed by atoms with Crippen molar-refractivity contribution in [1.82, 2.24) is 9.97 Å². The zero-order valence-corrected chi connectivity index (χ0v) is 16.3. The summed E-state index contributed by atoms with van der Waals surface area (Å²) >= 11 is 0. The highest BCUT2D eigenvalue weighted by molar-refractivity contribution is 5.94. The summed E-state index contributed by atoms with van der Waals surface area (Å²) in [6, 6.07) is 17.3. The van der Waals surface area contributed by atoms with E-state index >= 15 is 0 Å². The van der Waals surface area contributed by atoms with Gasteiger partial charge in [-0.25, -0.2) is 4.98 Å². The molecule has 2 N–H and O–H groups in total. The second-order valence-corrected chi connectivity index (χ2v) is 6.77. The molecule has 0 aliphatic carbocycles. The van der Waals surface area contributed by atoms with E-state index in [1.807, 2.05) is 36.4 Å². The molecule has 4 rings (SSSR count). The van der Waals surface area contributed by atoms with Crippen molar-refractivity contribution in [3.63, 3.8) is 0 Å². The van der Waals surface area contributed by atoms with Crippen molar-refractivity contribution in [2.24, 2.45) is 0 Å². The highest BCUT2D eigenvalue weighted by Crippen LogP contribution is 2.29. The van der Waals surface area contributed by atoms with E-state index in [4.69, 9.17) is 4.74 Å². The Morgan fingerprint density at radius 3 is 2.52 bits per heavy atom. The lowest BCUT2D eigenvalue weighted by Gasteiger charge is -2.30. The van der Waals surface area contributed by atoms with Gasteiger partial charge >= 0.3 is 0 Å². The van der Waals surface area contributed by atoms with Crippen molar-refractivity contribution in [3.8, 4) is 0 Å². The van der Waals surface area contributed by atoms with E-state index in [0.29, 0.717) is 17.3 Å². The maximum Gasteiger partial charge on any atom is 0.229 e. The van der Waals surface area contributed by atoms with Gasteiger partial charge in [0.25, 0.3) is 0 Å². The fourth-order valence-corrected chi connectivity index (χ4v) is 3.20. The molecule has 0 atom stereocenters. The predicted octanol–water partition coefficient (Wildman–Crippen LogP) is 4.00. The number of ether oxygens (including phenoxy) is 1. The molecule has 1 aliphatic rings. The van der Waals surface area contributed by atoms with Gasteiger partial charge in [-0.15, -0.1) is 0 Å². The van der Waals surface area contributed by atoms with E-state index < -0.39 is 0 Å². The monoisotopic (exact) mass is 389 g/mol. The summed E-state index contributed by atoms with van der Waals surface area (Å²) in [6.45, 7) is 4.75. The minimum absolute atomic E-state index is 0.0398. The molecule has 1 saturated heterocycles. The molecular weight excluding hydrogens is 366 g/mol. The Morgan fingerprint density at radius 1 is 1.00 bits per heavy atom. The molecule has 7 nitrogen and oxygen atoms in total. The number of hydrogen-bond donors (Lipinski definition) is 2. The van der Waals surface area contributed by atoms with E-state index in [2.05, 4.69) is 31.6 Å². The number of Topliss-reactive ketones (excluding diaryl/α,β-unsaturated/α-hetero) is 1. The summed E-state index contributed by atoms with van der Waals surface area (Å²) < 4.78 is 5.46. The molecule has 29 heavy (non-hydrogen) atoms. The Bertz CT molecular complexity index is 985. The van der Waals surface area contributed by atoms with Crippen LogP contribution in [-0.2, 0) is 4.74 Å². The first-order valence-corrected chi connectivity index (χ1v) is 9.59. The fourth-order valence-electron chi connectivity index (χ4n) is 3.20. The van der Waals surface area contributed by atoms with E-state index in [1.165, 1.54) is 0 Å². The van der Waals surface area contributed by atoms with Crippen LogP contribution in [0.5, 0.6) is 0 Å². The van der Waals surface area contributed by atoms with Crippen LogP contribution in [0, 0.1) is 0 Å². The smallest absolute Gasteiger partial charge is 0.229 e. The van der Waals surface area contributed by atoms with Crippen LogP contribution >= 0.6 is 0 Å². The number of para-hydroxylation sites is 2. The number of hydrogen-bond acceptors (Lipinski definition) is 7. The Labute approximate surface area is 169 Å². The largest absolute Gasteiger partial charge is 0.378 e. The van der Waals surface area contributed by atoms with Crippen molar-refractivity contribution < 1.29 is 9.53 Å². The molecule has 2 aromatic carbocycles. The Hall–Kier alpha value is -3.45. The normalized spacial score (nSPS) is 13.8. The number of nitrogens with zero attached hydrogens (tertiary/aromatic N) is 3. The molecule has 0 saturated carbocycles. The number of aromatic nitrogens is 2.